The van der Waals surface area contributed by atoms with Crippen LogP contribution in [-0.4, -0.2) is 34.3 Å². The zero-order valence-corrected chi connectivity index (χ0v) is 11.2. The molecule has 2 heterocycles. The summed E-state index contributed by atoms with van der Waals surface area (Å²) in [5.41, 5.74) is -2.31. The Balaban J connectivity index is 2.04. The number of hydrogen-bond donors (Lipinski definition) is 1. The lowest BCUT2D eigenvalue weighted by Crippen LogP contribution is -2.17. The van der Waals surface area contributed by atoms with Crippen LogP contribution in [0.1, 0.15) is 41.1 Å². The molecule has 1 aromatic rings. The molecule has 1 aliphatic heterocycles. The van der Waals surface area contributed by atoms with Gasteiger partial charge in [-0.3, -0.25) is 0 Å². The molecular weight excluding hydrogens is 289 g/mol. The molecule has 0 bridgehead atoms. The summed E-state index contributed by atoms with van der Waals surface area (Å²) >= 11 is 0. The maximum atomic E-state index is 12.8. The molecule has 0 amide bonds. The first-order valence-electron chi connectivity index (χ1n) is 6.62. The summed E-state index contributed by atoms with van der Waals surface area (Å²) in [5.74, 6) is -1.23. The molecule has 8 heteroatoms. The first-order chi connectivity index (χ1) is 9.88. The van der Waals surface area contributed by atoms with E-state index >= 15 is 0 Å². The SMILES string of the molecule is O=C(O)c1cnc(CCCC2CCOC2)nc1C(F)(F)F. The number of rotatable bonds is 5. The molecule has 1 N–H and O–H groups in total. The van der Waals surface area contributed by atoms with E-state index in [4.69, 9.17) is 9.84 Å². The molecule has 1 fully saturated rings. The summed E-state index contributed by atoms with van der Waals surface area (Å²) in [6.45, 7) is 1.42. The van der Waals surface area contributed by atoms with Gasteiger partial charge in [-0.2, -0.15) is 13.2 Å². The summed E-state index contributed by atoms with van der Waals surface area (Å²) in [5, 5.41) is 8.75. The molecule has 0 radical (unpaired) electrons. The van der Waals surface area contributed by atoms with Crippen LogP contribution in [0.2, 0.25) is 0 Å². The van der Waals surface area contributed by atoms with Crippen LogP contribution in [0.4, 0.5) is 13.2 Å². The molecule has 21 heavy (non-hydrogen) atoms. The van der Waals surface area contributed by atoms with Crippen LogP contribution in [0.25, 0.3) is 0 Å². The molecule has 0 spiro atoms. The van der Waals surface area contributed by atoms with E-state index < -0.39 is 23.4 Å². The number of carboxylic acids is 1. The van der Waals surface area contributed by atoms with Crippen molar-refractivity contribution in [2.75, 3.05) is 13.2 Å². The number of aryl methyl sites for hydroxylation is 1. The number of hydrogen-bond acceptors (Lipinski definition) is 4. The van der Waals surface area contributed by atoms with Crippen LogP contribution < -0.4 is 0 Å². The van der Waals surface area contributed by atoms with E-state index in [2.05, 4.69) is 9.97 Å². The fourth-order valence-corrected chi connectivity index (χ4v) is 2.27. The molecule has 1 unspecified atom stereocenters. The Morgan fingerprint density at radius 2 is 2.24 bits per heavy atom. The Labute approximate surface area is 119 Å². The normalized spacial score (nSPS) is 18.9. The van der Waals surface area contributed by atoms with Crippen LogP contribution in [-0.2, 0) is 17.3 Å². The molecule has 2 rings (SSSR count). The fraction of sp³-hybridized carbons (Fsp3) is 0.615. The Kier molecular flexibility index (Phi) is 4.76. The molecule has 1 aliphatic rings. The van der Waals surface area contributed by atoms with Gasteiger partial charge >= 0.3 is 12.1 Å². The molecule has 0 aliphatic carbocycles. The summed E-state index contributed by atoms with van der Waals surface area (Å²) in [4.78, 5) is 17.9. The van der Waals surface area contributed by atoms with Crippen LogP contribution in [0, 0.1) is 5.92 Å². The zero-order valence-electron chi connectivity index (χ0n) is 11.2. The molecule has 0 saturated carbocycles. The highest BCUT2D eigenvalue weighted by Crippen LogP contribution is 2.30. The number of ether oxygens (including phenoxy) is 1. The van der Waals surface area contributed by atoms with Crippen LogP contribution >= 0.6 is 0 Å². The second-order valence-electron chi connectivity index (χ2n) is 4.97. The minimum Gasteiger partial charge on any atom is -0.478 e. The standard InChI is InChI=1S/C13H15F3N2O3/c14-13(15,16)11-9(12(19)20)6-17-10(18-11)3-1-2-8-4-5-21-7-8/h6,8H,1-5,7H2,(H,19,20). The van der Waals surface area contributed by atoms with Gasteiger partial charge in [0, 0.05) is 25.8 Å². The number of carboxylic acid groups (broad SMARTS) is 1. The van der Waals surface area contributed by atoms with Crippen molar-refractivity contribution in [3.8, 4) is 0 Å². The first kappa shape index (κ1) is 15.7. The van der Waals surface area contributed by atoms with Gasteiger partial charge in [0.1, 0.15) is 11.4 Å². The second-order valence-corrected chi connectivity index (χ2v) is 4.97. The molecule has 116 valence electrons. The van der Waals surface area contributed by atoms with Gasteiger partial charge in [0.2, 0.25) is 0 Å². The van der Waals surface area contributed by atoms with E-state index in [0.717, 1.165) is 25.6 Å². The molecule has 1 atom stereocenters. The summed E-state index contributed by atoms with van der Waals surface area (Å²) < 4.78 is 43.6. The minimum atomic E-state index is -4.80. The number of alkyl halides is 3. The fourth-order valence-electron chi connectivity index (χ4n) is 2.27. The molecule has 1 aromatic heterocycles. The van der Waals surface area contributed by atoms with E-state index in [1.165, 1.54) is 0 Å². The van der Waals surface area contributed by atoms with E-state index in [0.29, 0.717) is 25.4 Å². The monoisotopic (exact) mass is 304 g/mol. The highest BCUT2D eigenvalue weighted by molar-refractivity contribution is 5.88. The predicted molar refractivity (Wildman–Crippen MR) is 65.9 cm³/mol. The quantitative estimate of drug-likeness (QED) is 0.905. The maximum absolute atomic E-state index is 12.8. The topological polar surface area (TPSA) is 72.3 Å². The van der Waals surface area contributed by atoms with Crippen molar-refractivity contribution in [3.05, 3.63) is 23.3 Å². The van der Waals surface area contributed by atoms with E-state index in [9.17, 15) is 18.0 Å². The van der Waals surface area contributed by atoms with Crippen molar-refractivity contribution in [1.29, 1.82) is 0 Å². The van der Waals surface area contributed by atoms with Crippen molar-refractivity contribution in [2.24, 2.45) is 5.92 Å². The smallest absolute Gasteiger partial charge is 0.434 e. The van der Waals surface area contributed by atoms with E-state index in [-0.39, 0.29) is 5.82 Å². The van der Waals surface area contributed by atoms with E-state index in [1.807, 2.05) is 0 Å². The molecule has 5 nitrogen and oxygen atoms in total. The third-order valence-electron chi connectivity index (χ3n) is 3.37. The van der Waals surface area contributed by atoms with E-state index in [1.54, 1.807) is 0 Å². The van der Waals surface area contributed by atoms with Gasteiger partial charge in [-0.1, -0.05) is 0 Å². The Morgan fingerprint density at radius 3 is 2.81 bits per heavy atom. The van der Waals surface area contributed by atoms with Crippen molar-refractivity contribution in [3.63, 3.8) is 0 Å². The van der Waals surface area contributed by atoms with Crippen LogP contribution in [0.15, 0.2) is 6.20 Å². The van der Waals surface area contributed by atoms with Crippen molar-refractivity contribution in [1.82, 2.24) is 9.97 Å². The number of aromatic nitrogens is 2. The van der Waals surface area contributed by atoms with Gasteiger partial charge in [0.25, 0.3) is 0 Å². The zero-order chi connectivity index (χ0) is 15.5. The second kappa shape index (κ2) is 6.38. The highest BCUT2D eigenvalue weighted by atomic mass is 19.4. The summed E-state index contributed by atoms with van der Waals surface area (Å²) in [6, 6.07) is 0. The maximum Gasteiger partial charge on any atom is 0.434 e. The average molecular weight is 304 g/mol. The van der Waals surface area contributed by atoms with Gasteiger partial charge in [0.05, 0.1) is 0 Å². The number of carbonyl (C=O) groups is 1. The predicted octanol–water partition coefficient (Wildman–Crippen LogP) is 2.55. The Hall–Kier alpha value is -1.70. The average Bonchev–Trinajstić information content (AvgIpc) is 2.90. The third-order valence-corrected chi connectivity index (χ3v) is 3.37. The van der Waals surface area contributed by atoms with Gasteiger partial charge < -0.3 is 9.84 Å². The lowest BCUT2D eigenvalue weighted by molar-refractivity contribution is -0.141. The van der Waals surface area contributed by atoms with Crippen molar-refractivity contribution >= 4 is 5.97 Å². The summed E-state index contributed by atoms with van der Waals surface area (Å²) in [7, 11) is 0. The van der Waals surface area contributed by atoms with Crippen molar-refractivity contribution < 1.29 is 27.8 Å². The Bertz CT molecular complexity index is 514. The number of halogens is 3. The first-order valence-corrected chi connectivity index (χ1v) is 6.62. The van der Waals surface area contributed by atoms with Crippen LogP contribution in [0.5, 0.6) is 0 Å². The summed E-state index contributed by atoms with van der Waals surface area (Å²) in [6.07, 6.45) is -1.33. The Morgan fingerprint density at radius 1 is 1.48 bits per heavy atom. The van der Waals surface area contributed by atoms with Crippen molar-refractivity contribution in [2.45, 2.75) is 31.9 Å². The largest absolute Gasteiger partial charge is 0.478 e. The molecule has 1 saturated heterocycles. The lowest BCUT2D eigenvalue weighted by atomic mass is 10.0. The van der Waals surface area contributed by atoms with Crippen LogP contribution in [0.3, 0.4) is 0 Å². The van der Waals surface area contributed by atoms with Gasteiger partial charge in [-0.05, 0) is 25.2 Å². The van der Waals surface area contributed by atoms with Gasteiger partial charge in [-0.25, -0.2) is 14.8 Å². The molecular formula is C13H15F3N2O3. The minimum absolute atomic E-state index is 0.0197. The number of aromatic carboxylic acids is 1. The van der Waals surface area contributed by atoms with Gasteiger partial charge in [-0.15, -0.1) is 0 Å². The number of nitrogens with zero attached hydrogens (tertiary/aromatic N) is 2. The third kappa shape index (κ3) is 4.13. The van der Waals surface area contributed by atoms with Gasteiger partial charge in [0.15, 0.2) is 5.69 Å². The lowest BCUT2D eigenvalue weighted by Gasteiger charge is -2.11. The molecule has 0 aromatic carbocycles. The highest BCUT2D eigenvalue weighted by Gasteiger charge is 2.38.